The van der Waals surface area contributed by atoms with E-state index >= 15 is 0 Å². The van der Waals surface area contributed by atoms with E-state index in [2.05, 4.69) is 14.7 Å². The molecule has 1 aromatic heterocycles. The van der Waals surface area contributed by atoms with E-state index in [1.54, 1.807) is 24.5 Å². The Hall–Kier alpha value is -2.11. The number of hydrogen-bond donors (Lipinski definition) is 0. The van der Waals surface area contributed by atoms with Gasteiger partial charge in [-0.1, -0.05) is 12.1 Å². The van der Waals surface area contributed by atoms with Crippen molar-refractivity contribution in [1.82, 2.24) is 9.97 Å². The third-order valence-corrected chi connectivity index (χ3v) is 2.77. The van der Waals surface area contributed by atoms with Gasteiger partial charge in [0, 0.05) is 12.4 Å². The molecule has 3 nitrogen and oxygen atoms in total. The summed E-state index contributed by atoms with van der Waals surface area (Å²) in [6.07, 6.45) is -0.258. The zero-order chi connectivity index (χ0) is 14.6. The van der Waals surface area contributed by atoms with Gasteiger partial charge >= 0.3 is 6.36 Å². The molecule has 0 aliphatic rings. The van der Waals surface area contributed by atoms with Gasteiger partial charge < -0.3 is 4.74 Å². The highest BCUT2D eigenvalue weighted by atomic mass is 19.4. The molecule has 0 amide bonds. The number of rotatable bonds is 4. The SMILES string of the molecule is Cc1nccnc1CCc1cccc(OC(F)(F)F)c1. The van der Waals surface area contributed by atoms with Gasteiger partial charge in [0.1, 0.15) is 5.75 Å². The molecule has 0 aliphatic heterocycles. The fraction of sp³-hybridized carbons (Fsp3) is 0.286. The van der Waals surface area contributed by atoms with Crippen LogP contribution < -0.4 is 4.74 Å². The van der Waals surface area contributed by atoms with E-state index in [-0.39, 0.29) is 5.75 Å². The Bertz CT molecular complexity index is 585. The van der Waals surface area contributed by atoms with E-state index in [0.717, 1.165) is 17.0 Å². The maximum absolute atomic E-state index is 12.1. The number of nitrogens with zero attached hydrogens (tertiary/aromatic N) is 2. The maximum atomic E-state index is 12.1. The van der Waals surface area contributed by atoms with Crippen LogP contribution in [0.5, 0.6) is 5.75 Å². The summed E-state index contributed by atoms with van der Waals surface area (Å²) in [7, 11) is 0. The zero-order valence-electron chi connectivity index (χ0n) is 10.8. The molecule has 2 rings (SSSR count). The maximum Gasteiger partial charge on any atom is 0.573 e. The molecule has 1 aromatic carbocycles. The summed E-state index contributed by atoms with van der Waals surface area (Å²) in [5.74, 6) is -0.203. The molecule has 106 valence electrons. The van der Waals surface area contributed by atoms with E-state index < -0.39 is 6.36 Å². The second-order valence-electron chi connectivity index (χ2n) is 4.28. The summed E-state index contributed by atoms with van der Waals surface area (Å²) in [5, 5.41) is 0. The van der Waals surface area contributed by atoms with Gasteiger partial charge in [0.2, 0.25) is 0 Å². The van der Waals surface area contributed by atoms with Gasteiger partial charge in [-0.3, -0.25) is 9.97 Å². The van der Waals surface area contributed by atoms with Gasteiger partial charge in [-0.2, -0.15) is 0 Å². The lowest BCUT2D eigenvalue weighted by Gasteiger charge is -2.10. The predicted octanol–water partition coefficient (Wildman–Crippen LogP) is 3.47. The highest BCUT2D eigenvalue weighted by Crippen LogP contribution is 2.23. The molecule has 2 aromatic rings. The number of ether oxygens (including phenoxy) is 1. The minimum Gasteiger partial charge on any atom is -0.406 e. The van der Waals surface area contributed by atoms with Crippen LogP contribution in [0.3, 0.4) is 0 Å². The summed E-state index contributed by atoms with van der Waals surface area (Å²) in [6, 6.07) is 5.97. The number of halogens is 3. The highest BCUT2D eigenvalue weighted by molar-refractivity contribution is 5.29. The molecule has 0 saturated carbocycles. The highest BCUT2D eigenvalue weighted by Gasteiger charge is 2.31. The van der Waals surface area contributed by atoms with Crippen molar-refractivity contribution in [3.63, 3.8) is 0 Å². The molecule has 0 bridgehead atoms. The van der Waals surface area contributed by atoms with E-state index in [1.165, 1.54) is 12.1 Å². The molecule has 0 spiro atoms. The van der Waals surface area contributed by atoms with Crippen LogP contribution in [0, 0.1) is 6.92 Å². The Kier molecular flexibility index (Phi) is 4.22. The molecule has 0 unspecified atom stereocenters. The Morgan fingerprint density at radius 1 is 1.10 bits per heavy atom. The lowest BCUT2D eigenvalue weighted by Crippen LogP contribution is -2.17. The molecule has 6 heteroatoms. The minimum absolute atomic E-state index is 0.203. The fourth-order valence-corrected chi connectivity index (χ4v) is 1.84. The van der Waals surface area contributed by atoms with Gasteiger partial charge in [0.15, 0.2) is 0 Å². The van der Waals surface area contributed by atoms with Crippen LogP contribution in [0.2, 0.25) is 0 Å². The van der Waals surface area contributed by atoms with Crippen molar-refractivity contribution in [2.24, 2.45) is 0 Å². The van der Waals surface area contributed by atoms with Gasteiger partial charge in [-0.15, -0.1) is 13.2 Å². The zero-order valence-corrected chi connectivity index (χ0v) is 10.8. The molecule has 0 saturated heterocycles. The quantitative estimate of drug-likeness (QED) is 0.861. The lowest BCUT2D eigenvalue weighted by atomic mass is 10.1. The van der Waals surface area contributed by atoms with Crippen molar-refractivity contribution >= 4 is 0 Å². The van der Waals surface area contributed by atoms with Gasteiger partial charge in [-0.25, -0.2) is 0 Å². The van der Waals surface area contributed by atoms with Gasteiger partial charge in [0.25, 0.3) is 0 Å². The average Bonchev–Trinajstić information content (AvgIpc) is 2.36. The fourth-order valence-electron chi connectivity index (χ4n) is 1.84. The summed E-state index contributed by atoms with van der Waals surface area (Å²) in [5.41, 5.74) is 2.43. The van der Waals surface area contributed by atoms with Gasteiger partial charge in [-0.05, 0) is 37.5 Å². The smallest absolute Gasteiger partial charge is 0.406 e. The van der Waals surface area contributed by atoms with Crippen LogP contribution in [0.1, 0.15) is 17.0 Å². The van der Waals surface area contributed by atoms with Crippen LogP contribution >= 0.6 is 0 Å². The van der Waals surface area contributed by atoms with Crippen molar-refractivity contribution in [1.29, 1.82) is 0 Å². The number of aryl methyl sites for hydroxylation is 3. The van der Waals surface area contributed by atoms with E-state index in [0.29, 0.717) is 12.8 Å². The molecule has 0 atom stereocenters. The van der Waals surface area contributed by atoms with E-state index in [1.807, 2.05) is 6.92 Å². The summed E-state index contributed by atoms with van der Waals surface area (Å²) in [4.78, 5) is 8.32. The first-order valence-electron chi connectivity index (χ1n) is 6.05. The third-order valence-electron chi connectivity index (χ3n) is 2.77. The van der Waals surface area contributed by atoms with Crippen molar-refractivity contribution in [3.8, 4) is 5.75 Å². The van der Waals surface area contributed by atoms with Crippen LogP contribution in [0.4, 0.5) is 13.2 Å². The van der Waals surface area contributed by atoms with Crippen LogP contribution in [0.15, 0.2) is 36.7 Å². The molecule has 20 heavy (non-hydrogen) atoms. The van der Waals surface area contributed by atoms with E-state index in [9.17, 15) is 13.2 Å². The molecule has 0 aliphatic carbocycles. The first kappa shape index (κ1) is 14.3. The Labute approximate surface area is 114 Å². The lowest BCUT2D eigenvalue weighted by molar-refractivity contribution is -0.274. The normalized spacial score (nSPS) is 11.4. The number of aromatic nitrogens is 2. The predicted molar refractivity (Wildman–Crippen MR) is 67.3 cm³/mol. The first-order chi connectivity index (χ1) is 9.44. The number of alkyl halides is 3. The van der Waals surface area contributed by atoms with Crippen LogP contribution in [0.25, 0.3) is 0 Å². The largest absolute Gasteiger partial charge is 0.573 e. The van der Waals surface area contributed by atoms with Crippen LogP contribution in [-0.4, -0.2) is 16.3 Å². The molecule has 0 N–H and O–H groups in total. The summed E-state index contributed by atoms with van der Waals surface area (Å²) in [6.45, 7) is 1.85. The number of benzene rings is 1. The topological polar surface area (TPSA) is 35.0 Å². The van der Waals surface area contributed by atoms with Crippen molar-refractivity contribution in [3.05, 3.63) is 53.6 Å². The van der Waals surface area contributed by atoms with Crippen LogP contribution in [-0.2, 0) is 12.8 Å². The second-order valence-corrected chi connectivity index (χ2v) is 4.28. The van der Waals surface area contributed by atoms with E-state index in [4.69, 9.17) is 0 Å². The summed E-state index contributed by atoms with van der Waals surface area (Å²) < 4.78 is 40.3. The molecular formula is C14H13F3N2O. The minimum atomic E-state index is -4.67. The Morgan fingerprint density at radius 3 is 2.55 bits per heavy atom. The molecule has 0 fully saturated rings. The molecule has 1 heterocycles. The number of hydrogen-bond acceptors (Lipinski definition) is 3. The summed E-state index contributed by atoms with van der Waals surface area (Å²) >= 11 is 0. The Morgan fingerprint density at radius 2 is 1.85 bits per heavy atom. The Balaban J connectivity index is 2.03. The monoisotopic (exact) mass is 282 g/mol. The molecular weight excluding hydrogens is 269 g/mol. The molecule has 0 radical (unpaired) electrons. The second kappa shape index (κ2) is 5.90. The van der Waals surface area contributed by atoms with Crippen molar-refractivity contribution in [2.75, 3.05) is 0 Å². The third kappa shape index (κ3) is 4.22. The first-order valence-corrected chi connectivity index (χ1v) is 6.05. The average molecular weight is 282 g/mol. The standard InChI is InChI=1S/C14H13F3N2O/c1-10-13(19-8-7-18-10)6-5-11-3-2-4-12(9-11)20-14(15,16)17/h2-4,7-9H,5-6H2,1H3. The van der Waals surface area contributed by atoms with Crippen molar-refractivity contribution in [2.45, 2.75) is 26.1 Å². The van der Waals surface area contributed by atoms with Crippen molar-refractivity contribution < 1.29 is 17.9 Å². The van der Waals surface area contributed by atoms with Gasteiger partial charge in [0.05, 0.1) is 11.4 Å².